The second-order valence-electron chi connectivity index (χ2n) is 6.22. The lowest BCUT2D eigenvalue weighted by atomic mass is 9.96. The molecule has 8 heteroatoms. The maximum absolute atomic E-state index is 12.8. The second-order valence-corrected chi connectivity index (χ2v) is 6.60. The SMILES string of the molecule is CN(Cc1cnn(C)c1)C(=O)[C@H]1CCCN(c2ccc(Cl)nn2)C1. The molecule has 1 aliphatic heterocycles. The molecule has 2 aromatic heterocycles. The summed E-state index contributed by atoms with van der Waals surface area (Å²) in [5.74, 6) is 0.898. The van der Waals surface area contributed by atoms with Crippen molar-refractivity contribution in [1.82, 2.24) is 24.9 Å². The van der Waals surface area contributed by atoms with Gasteiger partial charge in [0.2, 0.25) is 5.91 Å². The molecule has 0 unspecified atom stereocenters. The molecule has 1 aliphatic rings. The number of hydrogen-bond donors (Lipinski definition) is 0. The van der Waals surface area contributed by atoms with Crippen LogP contribution in [0.2, 0.25) is 5.15 Å². The van der Waals surface area contributed by atoms with Crippen LogP contribution in [0, 0.1) is 5.92 Å². The number of rotatable bonds is 4. The van der Waals surface area contributed by atoms with Gasteiger partial charge in [0.05, 0.1) is 12.1 Å². The average molecular weight is 349 g/mol. The Kier molecular flexibility index (Phi) is 4.99. The summed E-state index contributed by atoms with van der Waals surface area (Å²) in [7, 11) is 3.72. The van der Waals surface area contributed by atoms with Crippen molar-refractivity contribution in [1.29, 1.82) is 0 Å². The predicted molar refractivity (Wildman–Crippen MR) is 91.7 cm³/mol. The number of piperidine rings is 1. The largest absolute Gasteiger partial charge is 0.354 e. The van der Waals surface area contributed by atoms with E-state index >= 15 is 0 Å². The molecule has 0 radical (unpaired) electrons. The van der Waals surface area contributed by atoms with Crippen molar-refractivity contribution in [2.75, 3.05) is 25.0 Å². The van der Waals surface area contributed by atoms with Crippen molar-refractivity contribution >= 4 is 23.3 Å². The number of carbonyl (C=O) groups excluding carboxylic acids is 1. The summed E-state index contributed by atoms with van der Waals surface area (Å²) in [6.07, 6.45) is 5.58. The molecule has 1 atom stereocenters. The number of carbonyl (C=O) groups is 1. The quantitative estimate of drug-likeness (QED) is 0.842. The van der Waals surface area contributed by atoms with E-state index in [9.17, 15) is 4.79 Å². The van der Waals surface area contributed by atoms with Crippen molar-refractivity contribution in [3.63, 3.8) is 0 Å². The summed E-state index contributed by atoms with van der Waals surface area (Å²) < 4.78 is 1.75. The third-order valence-electron chi connectivity index (χ3n) is 4.27. The van der Waals surface area contributed by atoms with E-state index in [1.807, 2.05) is 26.4 Å². The van der Waals surface area contributed by atoms with Crippen LogP contribution in [0.1, 0.15) is 18.4 Å². The first kappa shape index (κ1) is 16.7. The van der Waals surface area contributed by atoms with Gasteiger partial charge in [-0.25, -0.2) is 0 Å². The predicted octanol–water partition coefficient (Wildman–Crippen LogP) is 1.74. The van der Waals surface area contributed by atoms with Crippen LogP contribution in [0.4, 0.5) is 5.82 Å². The number of amides is 1. The molecule has 0 aliphatic carbocycles. The topological polar surface area (TPSA) is 67.2 Å². The fourth-order valence-electron chi connectivity index (χ4n) is 3.08. The fourth-order valence-corrected chi connectivity index (χ4v) is 3.18. The van der Waals surface area contributed by atoms with Crippen LogP contribution < -0.4 is 4.90 Å². The molecule has 7 nitrogen and oxygen atoms in total. The normalized spacial score (nSPS) is 17.8. The summed E-state index contributed by atoms with van der Waals surface area (Å²) in [6.45, 7) is 2.11. The van der Waals surface area contributed by atoms with Gasteiger partial charge in [-0.1, -0.05) is 11.6 Å². The van der Waals surface area contributed by atoms with Gasteiger partial charge in [0, 0.05) is 45.5 Å². The molecule has 0 aromatic carbocycles. The van der Waals surface area contributed by atoms with Crippen molar-refractivity contribution in [2.45, 2.75) is 19.4 Å². The molecule has 0 N–H and O–H groups in total. The Morgan fingerprint density at radius 2 is 2.25 bits per heavy atom. The van der Waals surface area contributed by atoms with Gasteiger partial charge in [0.1, 0.15) is 0 Å². The Labute approximate surface area is 146 Å². The molecule has 3 heterocycles. The molecule has 128 valence electrons. The van der Waals surface area contributed by atoms with Crippen molar-refractivity contribution in [3.8, 4) is 0 Å². The highest BCUT2D eigenvalue weighted by atomic mass is 35.5. The number of anilines is 1. The Morgan fingerprint density at radius 1 is 1.42 bits per heavy atom. The standard InChI is InChI=1S/C16H21ClN6O/c1-21(9-12-8-18-22(2)10-12)16(24)13-4-3-7-23(11-13)15-6-5-14(17)19-20-15/h5-6,8,10,13H,3-4,7,9,11H2,1-2H3/t13-/m0/s1. The third kappa shape index (κ3) is 3.84. The Hall–Kier alpha value is -2.15. The van der Waals surface area contributed by atoms with E-state index < -0.39 is 0 Å². The summed E-state index contributed by atoms with van der Waals surface area (Å²) in [6, 6.07) is 3.57. The maximum atomic E-state index is 12.8. The zero-order chi connectivity index (χ0) is 17.1. The minimum atomic E-state index is -0.0297. The summed E-state index contributed by atoms with van der Waals surface area (Å²) in [5, 5.41) is 12.5. The van der Waals surface area contributed by atoms with Crippen LogP contribution in [0.15, 0.2) is 24.5 Å². The summed E-state index contributed by atoms with van der Waals surface area (Å²) in [5.41, 5.74) is 1.03. The van der Waals surface area contributed by atoms with Gasteiger partial charge < -0.3 is 9.80 Å². The minimum absolute atomic E-state index is 0.0297. The highest BCUT2D eigenvalue weighted by molar-refractivity contribution is 6.29. The monoisotopic (exact) mass is 348 g/mol. The minimum Gasteiger partial charge on any atom is -0.354 e. The van der Waals surface area contributed by atoms with Gasteiger partial charge in [-0.3, -0.25) is 9.48 Å². The van der Waals surface area contributed by atoms with Crippen LogP contribution in [-0.4, -0.2) is 50.9 Å². The van der Waals surface area contributed by atoms with Crippen molar-refractivity contribution < 1.29 is 4.79 Å². The second kappa shape index (κ2) is 7.17. The van der Waals surface area contributed by atoms with Crippen LogP contribution in [0.5, 0.6) is 0 Å². The smallest absolute Gasteiger partial charge is 0.227 e. The first-order chi connectivity index (χ1) is 11.5. The molecular weight excluding hydrogens is 328 g/mol. The van der Waals surface area contributed by atoms with E-state index in [-0.39, 0.29) is 11.8 Å². The molecule has 1 fully saturated rings. The number of hydrogen-bond acceptors (Lipinski definition) is 5. The van der Waals surface area contributed by atoms with Gasteiger partial charge in [-0.15, -0.1) is 10.2 Å². The Bertz CT molecular complexity index is 701. The first-order valence-corrected chi connectivity index (χ1v) is 8.37. The molecule has 0 saturated carbocycles. The van der Waals surface area contributed by atoms with Gasteiger partial charge >= 0.3 is 0 Å². The van der Waals surface area contributed by atoms with Gasteiger partial charge in [0.15, 0.2) is 11.0 Å². The Morgan fingerprint density at radius 3 is 2.92 bits per heavy atom. The van der Waals surface area contributed by atoms with Gasteiger partial charge in [-0.2, -0.15) is 5.10 Å². The van der Waals surface area contributed by atoms with Gasteiger partial charge in [0.25, 0.3) is 0 Å². The lowest BCUT2D eigenvalue weighted by molar-refractivity contribution is -0.135. The highest BCUT2D eigenvalue weighted by Gasteiger charge is 2.28. The van der Waals surface area contributed by atoms with E-state index in [2.05, 4.69) is 20.2 Å². The number of aromatic nitrogens is 4. The molecule has 3 rings (SSSR count). The molecule has 1 saturated heterocycles. The fraction of sp³-hybridized carbons (Fsp3) is 0.500. The summed E-state index contributed by atoms with van der Waals surface area (Å²) >= 11 is 5.79. The first-order valence-electron chi connectivity index (χ1n) is 7.99. The molecular formula is C16H21ClN6O. The van der Waals surface area contributed by atoms with Gasteiger partial charge in [-0.05, 0) is 25.0 Å². The van der Waals surface area contributed by atoms with Crippen molar-refractivity contribution in [2.24, 2.45) is 13.0 Å². The third-order valence-corrected chi connectivity index (χ3v) is 4.47. The number of aryl methyl sites for hydroxylation is 1. The zero-order valence-corrected chi connectivity index (χ0v) is 14.6. The highest BCUT2D eigenvalue weighted by Crippen LogP contribution is 2.23. The molecule has 0 bridgehead atoms. The molecule has 2 aromatic rings. The van der Waals surface area contributed by atoms with E-state index in [0.717, 1.165) is 30.8 Å². The van der Waals surface area contributed by atoms with Crippen LogP contribution in [0.3, 0.4) is 0 Å². The number of nitrogens with zero attached hydrogens (tertiary/aromatic N) is 6. The maximum Gasteiger partial charge on any atom is 0.227 e. The van der Waals surface area contributed by atoms with Crippen molar-refractivity contribution in [3.05, 3.63) is 35.2 Å². The summed E-state index contributed by atoms with van der Waals surface area (Å²) in [4.78, 5) is 16.6. The van der Waals surface area contributed by atoms with Crippen LogP contribution in [-0.2, 0) is 18.4 Å². The molecule has 1 amide bonds. The van der Waals surface area contributed by atoms with E-state index in [4.69, 9.17) is 11.6 Å². The van der Waals surface area contributed by atoms with Crippen LogP contribution in [0.25, 0.3) is 0 Å². The Balaban J connectivity index is 1.63. The van der Waals surface area contributed by atoms with E-state index in [0.29, 0.717) is 18.2 Å². The van der Waals surface area contributed by atoms with E-state index in [1.54, 1.807) is 21.8 Å². The lowest BCUT2D eigenvalue weighted by Crippen LogP contribution is -2.43. The zero-order valence-electron chi connectivity index (χ0n) is 13.9. The lowest BCUT2D eigenvalue weighted by Gasteiger charge is -2.34. The average Bonchev–Trinajstić information content (AvgIpc) is 3.00. The number of halogens is 1. The molecule has 0 spiro atoms. The molecule has 24 heavy (non-hydrogen) atoms. The van der Waals surface area contributed by atoms with Crippen LogP contribution >= 0.6 is 11.6 Å². The van der Waals surface area contributed by atoms with E-state index in [1.165, 1.54) is 0 Å².